The summed E-state index contributed by atoms with van der Waals surface area (Å²) >= 11 is 5.84. The van der Waals surface area contributed by atoms with Crippen LogP contribution in [0.2, 0.25) is 5.02 Å². The van der Waals surface area contributed by atoms with Crippen LogP contribution in [0.4, 0.5) is 11.5 Å². The zero-order valence-electron chi connectivity index (χ0n) is 17.9. The van der Waals surface area contributed by atoms with Crippen LogP contribution in [0.1, 0.15) is 49.9 Å². The Hall–Kier alpha value is -2.15. The fourth-order valence-electron chi connectivity index (χ4n) is 3.99. The van der Waals surface area contributed by atoms with Crippen molar-refractivity contribution in [2.75, 3.05) is 23.7 Å². The molecule has 1 fully saturated rings. The molecule has 1 aliphatic heterocycles. The third-order valence-electron chi connectivity index (χ3n) is 5.76. The summed E-state index contributed by atoms with van der Waals surface area (Å²) in [4.78, 5) is 32.2. The molecule has 31 heavy (non-hydrogen) atoms. The molecule has 1 saturated heterocycles. The van der Waals surface area contributed by atoms with Gasteiger partial charge in [0.2, 0.25) is 5.91 Å². The number of likely N-dealkylation sites (tertiary alicyclic amines) is 1. The van der Waals surface area contributed by atoms with E-state index in [4.69, 9.17) is 11.6 Å². The van der Waals surface area contributed by atoms with Gasteiger partial charge in [-0.15, -0.1) is 12.4 Å². The second-order valence-corrected chi connectivity index (χ2v) is 8.07. The maximum absolute atomic E-state index is 12.9. The molecule has 0 bridgehead atoms. The van der Waals surface area contributed by atoms with Crippen molar-refractivity contribution in [2.24, 2.45) is 5.92 Å². The number of carbonyl (C=O) groups excluding carboxylic acids is 2. The molecule has 168 valence electrons. The average molecular weight is 465 g/mol. The van der Waals surface area contributed by atoms with Gasteiger partial charge in [-0.25, -0.2) is 4.98 Å². The van der Waals surface area contributed by atoms with Crippen molar-refractivity contribution in [3.8, 4) is 0 Å². The highest BCUT2D eigenvalue weighted by atomic mass is 35.5. The molecule has 2 aromatic rings. The molecule has 1 aliphatic rings. The van der Waals surface area contributed by atoms with Crippen molar-refractivity contribution < 1.29 is 9.59 Å². The molecule has 2 N–H and O–H groups in total. The average Bonchev–Trinajstić information content (AvgIpc) is 2.77. The summed E-state index contributed by atoms with van der Waals surface area (Å²) in [6.45, 7) is 6.31. The number of carbonyl (C=O) groups is 2. The van der Waals surface area contributed by atoms with E-state index in [9.17, 15) is 9.59 Å². The Kier molecular flexibility index (Phi) is 9.75. The van der Waals surface area contributed by atoms with Gasteiger partial charge in [0, 0.05) is 18.2 Å². The minimum absolute atomic E-state index is 0. The number of rotatable bonds is 7. The normalized spacial score (nSPS) is 14.7. The Morgan fingerprint density at radius 3 is 2.39 bits per heavy atom. The first kappa shape index (κ1) is 25.1. The first-order chi connectivity index (χ1) is 14.5. The van der Waals surface area contributed by atoms with E-state index in [1.807, 2.05) is 6.07 Å². The van der Waals surface area contributed by atoms with Crippen molar-refractivity contribution in [1.29, 1.82) is 0 Å². The number of aromatic nitrogens is 1. The maximum Gasteiger partial charge on any atom is 0.258 e. The number of piperidine rings is 1. The largest absolute Gasteiger partial charge is 0.325 e. The standard InChI is InChI=1S/C23H29ClN4O2.ClH/c1-3-18(4-2)28-13-11-16(12-14-28)22(29)26-20-8-6-5-7-19(20)23(30)27-21-10-9-17(24)15-25-21;/h5-10,15-16,18H,3-4,11-14H2,1-2H3,(H,26,29)(H,25,27,30);1H. The molecule has 8 heteroatoms. The molecule has 2 amide bonds. The lowest BCUT2D eigenvalue weighted by atomic mass is 9.93. The van der Waals surface area contributed by atoms with E-state index < -0.39 is 0 Å². The highest BCUT2D eigenvalue weighted by Gasteiger charge is 2.28. The van der Waals surface area contributed by atoms with Gasteiger partial charge in [0.15, 0.2) is 0 Å². The minimum Gasteiger partial charge on any atom is -0.325 e. The summed E-state index contributed by atoms with van der Waals surface area (Å²) in [6.07, 6.45) is 5.42. The van der Waals surface area contributed by atoms with Gasteiger partial charge in [-0.1, -0.05) is 37.6 Å². The number of hydrogen-bond acceptors (Lipinski definition) is 4. The Morgan fingerprint density at radius 2 is 1.77 bits per heavy atom. The number of anilines is 2. The molecule has 0 spiro atoms. The van der Waals surface area contributed by atoms with Crippen LogP contribution in [0.5, 0.6) is 0 Å². The van der Waals surface area contributed by atoms with Crippen LogP contribution in [0.3, 0.4) is 0 Å². The summed E-state index contributed by atoms with van der Waals surface area (Å²) < 4.78 is 0. The predicted octanol–water partition coefficient (Wildman–Crippen LogP) is 5.25. The second kappa shape index (κ2) is 12.0. The number of pyridine rings is 1. The van der Waals surface area contributed by atoms with E-state index in [2.05, 4.69) is 34.4 Å². The van der Waals surface area contributed by atoms with Crippen LogP contribution in [-0.2, 0) is 4.79 Å². The van der Waals surface area contributed by atoms with Gasteiger partial charge in [-0.05, 0) is 63.0 Å². The van der Waals surface area contributed by atoms with Gasteiger partial charge in [-0.2, -0.15) is 0 Å². The molecule has 1 aromatic heterocycles. The highest BCUT2D eigenvalue weighted by molar-refractivity contribution is 6.30. The lowest BCUT2D eigenvalue weighted by molar-refractivity contribution is -0.121. The molecular formula is C23H30Cl2N4O2. The summed E-state index contributed by atoms with van der Waals surface area (Å²) in [5.41, 5.74) is 0.911. The third kappa shape index (κ3) is 6.66. The van der Waals surface area contributed by atoms with Gasteiger partial charge in [0.1, 0.15) is 5.82 Å². The van der Waals surface area contributed by atoms with E-state index in [0.29, 0.717) is 28.1 Å². The van der Waals surface area contributed by atoms with Crippen LogP contribution in [0.25, 0.3) is 0 Å². The SMILES string of the molecule is CCC(CC)N1CCC(C(=O)Nc2ccccc2C(=O)Nc2ccc(Cl)cn2)CC1.Cl. The van der Waals surface area contributed by atoms with Crippen LogP contribution in [0, 0.1) is 5.92 Å². The molecule has 3 rings (SSSR count). The Morgan fingerprint density at radius 1 is 1.10 bits per heavy atom. The highest BCUT2D eigenvalue weighted by Crippen LogP contribution is 2.24. The van der Waals surface area contributed by atoms with Crippen LogP contribution in [-0.4, -0.2) is 40.8 Å². The van der Waals surface area contributed by atoms with Crippen molar-refractivity contribution in [3.05, 3.63) is 53.2 Å². The van der Waals surface area contributed by atoms with Gasteiger partial charge in [0.05, 0.1) is 16.3 Å². The number of benzene rings is 1. The molecule has 0 atom stereocenters. The van der Waals surface area contributed by atoms with Crippen LogP contribution >= 0.6 is 24.0 Å². The van der Waals surface area contributed by atoms with Crippen molar-refractivity contribution in [2.45, 2.75) is 45.6 Å². The molecule has 0 radical (unpaired) electrons. The third-order valence-corrected chi connectivity index (χ3v) is 5.98. The van der Waals surface area contributed by atoms with E-state index in [-0.39, 0.29) is 30.1 Å². The second-order valence-electron chi connectivity index (χ2n) is 7.63. The molecule has 0 saturated carbocycles. The Bertz CT molecular complexity index is 864. The zero-order chi connectivity index (χ0) is 21.5. The van der Waals surface area contributed by atoms with E-state index in [1.54, 1.807) is 30.3 Å². The van der Waals surface area contributed by atoms with Gasteiger partial charge >= 0.3 is 0 Å². The number of halogens is 2. The van der Waals surface area contributed by atoms with E-state index in [0.717, 1.165) is 38.8 Å². The van der Waals surface area contributed by atoms with E-state index >= 15 is 0 Å². The maximum atomic E-state index is 12.9. The van der Waals surface area contributed by atoms with Gasteiger partial charge < -0.3 is 15.5 Å². The molecular weight excluding hydrogens is 435 g/mol. The first-order valence-electron chi connectivity index (χ1n) is 10.6. The Balaban J connectivity index is 0.00000341. The van der Waals surface area contributed by atoms with Crippen LogP contribution in [0.15, 0.2) is 42.6 Å². The van der Waals surface area contributed by atoms with Crippen LogP contribution < -0.4 is 10.6 Å². The zero-order valence-corrected chi connectivity index (χ0v) is 19.5. The summed E-state index contributed by atoms with van der Waals surface area (Å²) in [7, 11) is 0. The topological polar surface area (TPSA) is 74.3 Å². The van der Waals surface area contributed by atoms with Gasteiger partial charge in [0.25, 0.3) is 5.91 Å². The van der Waals surface area contributed by atoms with E-state index in [1.165, 1.54) is 6.20 Å². The van der Waals surface area contributed by atoms with Crippen molar-refractivity contribution in [3.63, 3.8) is 0 Å². The summed E-state index contributed by atoms with van der Waals surface area (Å²) in [5, 5.41) is 6.21. The quantitative estimate of drug-likeness (QED) is 0.586. The lowest BCUT2D eigenvalue weighted by Gasteiger charge is -2.36. The number of nitrogens with zero attached hydrogens (tertiary/aromatic N) is 2. The molecule has 0 unspecified atom stereocenters. The molecule has 2 heterocycles. The molecule has 6 nitrogen and oxygen atoms in total. The predicted molar refractivity (Wildman–Crippen MR) is 128 cm³/mol. The lowest BCUT2D eigenvalue weighted by Crippen LogP contribution is -2.43. The van der Waals surface area contributed by atoms with Crippen molar-refractivity contribution >= 4 is 47.3 Å². The molecule has 0 aliphatic carbocycles. The minimum atomic E-state index is -0.329. The monoisotopic (exact) mass is 464 g/mol. The fourth-order valence-corrected chi connectivity index (χ4v) is 4.10. The number of nitrogens with one attached hydrogen (secondary N) is 2. The summed E-state index contributed by atoms with van der Waals surface area (Å²) in [6, 6.07) is 10.9. The van der Waals surface area contributed by atoms with Gasteiger partial charge in [-0.3, -0.25) is 9.59 Å². The summed E-state index contributed by atoms with van der Waals surface area (Å²) in [5.74, 6) is 0.0114. The number of amides is 2. The Labute approximate surface area is 195 Å². The first-order valence-corrected chi connectivity index (χ1v) is 11.0. The molecule has 1 aromatic carbocycles. The number of hydrogen-bond donors (Lipinski definition) is 2. The fraction of sp³-hybridized carbons (Fsp3) is 0.435. The van der Waals surface area contributed by atoms with Crippen molar-refractivity contribution in [1.82, 2.24) is 9.88 Å². The number of para-hydroxylation sites is 1. The smallest absolute Gasteiger partial charge is 0.258 e.